The van der Waals surface area contributed by atoms with Crippen molar-refractivity contribution in [3.63, 3.8) is 0 Å². The first-order valence-electron chi connectivity index (χ1n) is 18.2. The zero-order chi connectivity index (χ0) is 36.5. The molecule has 0 saturated heterocycles. The lowest BCUT2D eigenvalue weighted by atomic mass is 9.93. The summed E-state index contributed by atoms with van der Waals surface area (Å²) >= 11 is 1.61. The molecule has 0 atom stereocenters. The Morgan fingerprint density at radius 2 is 0.927 bits per heavy atom. The molecule has 5 heteroatoms. The summed E-state index contributed by atoms with van der Waals surface area (Å²) in [5.74, 6) is 0. The molecule has 0 N–H and O–H groups in total. The first-order chi connectivity index (χ1) is 27.2. The van der Waals surface area contributed by atoms with Crippen molar-refractivity contribution in [1.29, 1.82) is 5.26 Å². The van der Waals surface area contributed by atoms with Gasteiger partial charge in [0.15, 0.2) is 0 Å². The summed E-state index contributed by atoms with van der Waals surface area (Å²) in [5.41, 5.74) is 14.9. The van der Waals surface area contributed by atoms with Crippen LogP contribution in [-0.2, 0) is 0 Å². The molecule has 3 aromatic heterocycles. The SMILES string of the molecule is N#Cc1ccc2nc(-c3cc(-c4ccc(-c5cccc6c5oc5ccccc56)cc4)cc(-c4ccc(-c5cccc6c5oc5ccccc56)cc4)c3)sc2c1. The van der Waals surface area contributed by atoms with Crippen LogP contribution in [0.1, 0.15) is 5.56 Å². The summed E-state index contributed by atoms with van der Waals surface area (Å²) in [5, 5.41) is 14.9. The fraction of sp³-hybridized carbons (Fsp3) is 0. The molecule has 55 heavy (non-hydrogen) atoms. The second kappa shape index (κ2) is 12.4. The molecule has 0 bridgehead atoms. The molecule has 0 amide bonds. The number of nitrogens with zero attached hydrogens (tertiary/aromatic N) is 2. The van der Waals surface area contributed by atoms with E-state index in [9.17, 15) is 5.26 Å². The van der Waals surface area contributed by atoms with E-state index >= 15 is 0 Å². The zero-order valence-electron chi connectivity index (χ0n) is 29.3. The predicted octanol–water partition coefficient (Wildman–Crippen LogP) is 14.3. The molecule has 0 aliphatic carbocycles. The Hall–Kier alpha value is -7.26. The number of para-hydroxylation sites is 4. The van der Waals surface area contributed by atoms with Gasteiger partial charge in [0.25, 0.3) is 0 Å². The average Bonchev–Trinajstić information content (AvgIpc) is 3.97. The molecule has 0 saturated carbocycles. The maximum Gasteiger partial charge on any atom is 0.143 e. The number of nitriles is 1. The number of benzene rings is 8. The molecular formula is C50H28N2O2S. The van der Waals surface area contributed by atoms with Crippen LogP contribution in [0.3, 0.4) is 0 Å². The summed E-state index contributed by atoms with van der Waals surface area (Å²) in [6, 6.07) is 61.2. The summed E-state index contributed by atoms with van der Waals surface area (Å²) in [6.07, 6.45) is 0. The van der Waals surface area contributed by atoms with Gasteiger partial charge in [-0.25, -0.2) is 4.98 Å². The molecule has 3 heterocycles. The Labute approximate surface area is 319 Å². The first-order valence-corrected chi connectivity index (χ1v) is 19.0. The Morgan fingerprint density at radius 1 is 0.436 bits per heavy atom. The first kappa shape index (κ1) is 31.3. The second-order valence-corrected chi connectivity index (χ2v) is 14.9. The van der Waals surface area contributed by atoms with Crippen LogP contribution in [0.15, 0.2) is 179 Å². The van der Waals surface area contributed by atoms with Gasteiger partial charge in [0.05, 0.1) is 21.8 Å². The third kappa shape index (κ3) is 5.23. The smallest absolute Gasteiger partial charge is 0.143 e. The van der Waals surface area contributed by atoms with Gasteiger partial charge in [-0.05, 0) is 81.9 Å². The van der Waals surface area contributed by atoms with E-state index in [2.05, 4.69) is 133 Å². The van der Waals surface area contributed by atoms with E-state index in [1.165, 1.54) is 0 Å². The Morgan fingerprint density at radius 3 is 1.47 bits per heavy atom. The number of hydrogen-bond donors (Lipinski definition) is 0. The predicted molar refractivity (Wildman–Crippen MR) is 226 cm³/mol. The van der Waals surface area contributed by atoms with Crippen molar-refractivity contribution in [3.05, 3.63) is 175 Å². The van der Waals surface area contributed by atoms with Gasteiger partial charge in [0, 0.05) is 38.2 Å². The normalized spacial score (nSPS) is 11.6. The largest absolute Gasteiger partial charge is 0.455 e. The molecule has 256 valence electrons. The van der Waals surface area contributed by atoms with Crippen LogP contribution in [0.25, 0.3) is 109 Å². The monoisotopic (exact) mass is 720 g/mol. The highest BCUT2D eigenvalue weighted by Crippen LogP contribution is 2.41. The maximum atomic E-state index is 9.52. The van der Waals surface area contributed by atoms with Crippen LogP contribution in [0, 0.1) is 11.3 Å². The van der Waals surface area contributed by atoms with Crippen molar-refractivity contribution in [3.8, 4) is 61.1 Å². The molecule has 0 fully saturated rings. The molecule has 11 rings (SSSR count). The van der Waals surface area contributed by atoms with Gasteiger partial charge in [-0.15, -0.1) is 11.3 Å². The average molecular weight is 721 g/mol. The lowest BCUT2D eigenvalue weighted by Gasteiger charge is -2.11. The number of furan rings is 2. The van der Waals surface area contributed by atoms with Gasteiger partial charge < -0.3 is 8.83 Å². The van der Waals surface area contributed by atoms with Gasteiger partial charge >= 0.3 is 0 Å². The number of aromatic nitrogens is 1. The van der Waals surface area contributed by atoms with Crippen LogP contribution in [0.2, 0.25) is 0 Å². The maximum absolute atomic E-state index is 9.52. The second-order valence-electron chi connectivity index (χ2n) is 13.8. The molecule has 0 aliphatic heterocycles. The lowest BCUT2D eigenvalue weighted by molar-refractivity contribution is 0.669. The van der Waals surface area contributed by atoms with E-state index in [0.29, 0.717) is 5.56 Å². The van der Waals surface area contributed by atoms with Crippen LogP contribution in [0.5, 0.6) is 0 Å². The van der Waals surface area contributed by atoms with Crippen LogP contribution >= 0.6 is 11.3 Å². The highest BCUT2D eigenvalue weighted by molar-refractivity contribution is 7.21. The molecule has 4 nitrogen and oxygen atoms in total. The van der Waals surface area contributed by atoms with Crippen molar-refractivity contribution in [2.75, 3.05) is 0 Å². The van der Waals surface area contributed by atoms with Crippen molar-refractivity contribution in [2.45, 2.75) is 0 Å². The van der Waals surface area contributed by atoms with Crippen molar-refractivity contribution >= 4 is 65.4 Å². The third-order valence-corrected chi connectivity index (χ3v) is 11.6. The highest BCUT2D eigenvalue weighted by atomic mass is 32.1. The van der Waals surface area contributed by atoms with Crippen molar-refractivity contribution in [2.24, 2.45) is 0 Å². The van der Waals surface area contributed by atoms with E-state index in [-0.39, 0.29) is 0 Å². The Bertz CT molecular complexity index is 3150. The number of fused-ring (bicyclic) bond motifs is 7. The number of rotatable bonds is 5. The summed E-state index contributed by atoms with van der Waals surface area (Å²) < 4.78 is 13.7. The van der Waals surface area contributed by atoms with E-state index in [1.807, 2.05) is 42.5 Å². The quantitative estimate of drug-likeness (QED) is 0.178. The zero-order valence-corrected chi connectivity index (χ0v) is 30.1. The minimum absolute atomic E-state index is 0.633. The van der Waals surface area contributed by atoms with Crippen LogP contribution in [-0.4, -0.2) is 4.98 Å². The lowest BCUT2D eigenvalue weighted by Crippen LogP contribution is -1.87. The summed E-state index contributed by atoms with van der Waals surface area (Å²) in [6.45, 7) is 0. The van der Waals surface area contributed by atoms with Gasteiger partial charge in [0.2, 0.25) is 0 Å². The minimum atomic E-state index is 0.633. The third-order valence-electron chi connectivity index (χ3n) is 10.6. The van der Waals surface area contributed by atoms with E-state index < -0.39 is 0 Å². The molecule has 11 aromatic rings. The van der Waals surface area contributed by atoms with Crippen molar-refractivity contribution < 1.29 is 8.83 Å². The van der Waals surface area contributed by atoms with Gasteiger partial charge in [0.1, 0.15) is 27.3 Å². The van der Waals surface area contributed by atoms with Gasteiger partial charge in [-0.2, -0.15) is 5.26 Å². The summed E-state index contributed by atoms with van der Waals surface area (Å²) in [7, 11) is 0. The highest BCUT2D eigenvalue weighted by Gasteiger charge is 2.16. The summed E-state index contributed by atoms with van der Waals surface area (Å²) in [4.78, 5) is 5.02. The van der Waals surface area contributed by atoms with E-state index in [4.69, 9.17) is 13.8 Å². The van der Waals surface area contributed by atoms with Crippen LogP contribution in [0.4, 0.5) is 0 Å². The molecule has 8 aromatic carbocycles. The fourth-order valence-electron chi connectivity index (χ4n) is 7.84. The molecule has 0 spiro atoms. The number of hydrogen-bond acceptors (Lipinski definition) is 5. The fourth-order valence-corrected chi connectivity index (χ4v) is 8.83. The Kier molecular flexibility index (Phi) is 7.06. The van der Waals surface area contributed by atoms with Crippen LogP contribution < -0.4 is 0 Å². The van der Waals surface area contributed by atoms with Crippen molar-refractivity contribution in [1.82, 2.24) is 4.98 Å². The van der Waals surface area contributed by atoms with E-state index in [0.717, 1.165) is 109 Å². The molecule has 0 radical (unpaired) electrons. The molecular weight excluding hydrogens is 693 g/mol. The minimum Gasteiger partial charge on any atom is -0.455 e. The standard InChI is InChI=1S/C50H28N2O2S/c51-29-30-15-24-44-47(25-30)55-50(52-44)37-27-35(31-16-20-33(21-17-31)38-9-5-11-42-40-7-1-3-13-45(40)53-48(38)42)26-36(28-37)32-18-22-34(23-19-32)39-10-6-12-43-41-8-2-4-14-46(41)54-49(39)43/h1-28H. The number of thiazole rings is 1. The molecule has 0 unspecified atom stereocenters. The van der Waals surface area contributed by atoms with Gasteiger partial charge in [-0.1, -0.05) is 121 Å². The Balaban J connectivity index is 1.01. The van der Waals surface area contributed by atoms with Gasteiger partial charge in [-0.3, -0.25) is 0 Å². The molecule has 0 aliphatic rings. The van der Waals surface area contributed by atoms with E-state index in [1.54, 1.807) is 11.3 Å². The topological polar surface area (TPSA) is 63.0 Å².